The average Bonchev–Trinajstić information content (AvgIpc) is 2.54. The van der Waals surface area contributed by atoms with Gasteiger partial charge in [-0.1, -0.05) is 0 Å². The summed E-state index contributed by atoms with van der Waals surface area (Å²) in [5.41, 5.74) is 7.39. The van der Waals surface area contributed by atoms with Gasteiger partial charge in [-0.2, -0.15) is 0 Å². The van der Waals surface area contributed by atoms with Gasteiger partial charge in [0.25, 0.3) is 0 Å². The molecule has 0 atom stereocenters. The molecular formula is C12H14FN3O. The van der Waals surface area contributed by atoms with Crippen LogP contribution in [-0.2, 0) is 6.54 Å². The van der Waals surface area contributed by atoms with E-state index in [1.165, 1.54) is 12.1 Å². The highest BCUT2D eigenvalue weighted by Crippen LogP contribution is 2.17. The Bertz CT molecular complexity index is 497. The van der Waals surface area contributed by atoms with Gasteiger partial charge in [-0.15, -0.1) is 0 Å². The van der Waals surface area contributed by atoms with E-state index in [0.717, 1.165) is 11.5 Å². The van der Waals surface area contributed by atoms with Crippen molar-refractivity contribution in [3.05, 3.63) is 41.4 Å². The van der Waals surface area contributed by atoms with Crippen LogP contribution < -0.4 is 11.1 Å². The molecule has 0 unspecified atom stereocenters. The molecule has 1 heterocycles. The molecule has 1 aromatic carbocycles. The zero-order chi connectivity index (χ0) is 12.4. The maximum absolute atomic E-state index is 13.1. The second-order valence-corrected chi connectivity index (χ2v) is 3.88. The zero-order valence-corrected chi connectivity index (χ0v) is 9.75. The molecule has 0 bridgehead atoms. The summed E-state index contributed by atoms with van der Waals surface area (Å²) in [4.78, 5) is 4.22. The highest BCUT2D eigenvalue weighted by molar-refractivity contribution is 5.54. The third-order valence-corrected chi connectivity index (χ3v) is 2.44. The van der Waals surface area contributed by atoms with Crippen molar-refractivity contribution in [1.82, 2.24) is 4.98 Å². The molecule has 90 valence electrons. The van der Waals surface area contributed by atoms with Gasteiger partial charge in [0.05, 0.1) is 12.2 Å². The molecular weight excluding hydrogens is 221 g/mol. The van der Waals surface area contributed by atoms with Gasteiger partial charge in [-0.25, -0.2) is 9.37 Å². The summed E-state index contributed by atoms with van der Waals surface area (Å²) in [5, 5.41) is 3.01. The standard InChI is InChI=1S/C12H14FN3O/c1-7-8(2)17-12(16-7)6-15-11-4-9(13)3-10(14)5-11/h3-5,15H,6,14H2,1-2H3. The number of halogens is 1. The number of nitrogens with two attached hydrogens (primary N) is 1. The van der Waals surface area contributed by atoms with Crippen LogP contribution in [0, 0.1) is 19.7 Å². The van der Waals surface area contributed by atoms with Gasteiger partial charge in [0.15, 0.2) is 0 Å². The minimum Gasteiger partial charge on any atom is -0.444 e. The quantitative estimate of drug-likeness (QED) is 0.803. The number of nitrogen functional groups attached to an aromatic ring is 1. The number of nitrogens with zero attached hydrogens (tertiary/aromatic N) is 1. The lowest BCUT2D eigenvalue weighted by atomic mass is 10.2. The molecule has 0 saturated carbocycles. The van der Waals surface area contributed by atoms with Gasteiger partial charge in [0.2, 0.25) is 5.89 Å². The highest BCUT2D eigenvalue weighted by Gasteiger charge is 2.05. The molecule has 17 heavy (non-hydrogen) atoms. The average molecular weight is 235 g/mol. The van der Waals surface area contributed by atoms with Crippen LogP contribution >= 0.6 is 0 Å². The Morgan fingerprint density at radius 3 is 2.71 bits per heavy atom. The Kier molecular flexibility index (Phi) is 2.99. The summed E-state index contributed by atoms with van der Waals surface area (Å²) >= 11 is 0. The Hall–Kier alpha value is -2.04. The molecule has 0 aliphatic carbocycles. The minimum atomic E-state index is -0.368. The first-order valence-corrected chi connectivity index (χ1v) is 5.27. The first-order valence-electron chi connectivity index (χ1n) is 5.27. The fraction of sp³-hybridized carbons (Fsp3) is 0.250. The minimum absolute atomic E-state index is 0.368. The largest absolute Gasteiger partial charge is 0.444 e. The molecule has 1 aromatic heterocycles. The normalized spacial score (nSPS) is 10.5. The van der Waals surface area contributed by atoms with Crippen molar-refractivity contribution in [1.29, 1.82) is 0 Å². The SMILES string of the molecule is Cc1nc(CNc2cc(N)cc(F)c2)oc1C. The lowest BCUT2D eigenvalue weighted by Crippen LogP contribution is -2.01. The number of anilines is 2. The highest BCUT2D eigenvalue weighted by atomic mass is 19.1. The van der Waals surface area contributed by atoms with E-state index in [4.69, 9.17) is 10.2 Å². The number of hydrogen-bond donors (Lipinski definition) is 2. The van der Waals surface area contributed by atoms with E-state index in [1.807, 2.05) is 13.8 Å². The first kappa shape index (κ1) is 11.4. The van der Waals surface area contributed by atoms with Crippen molar-refractivity contribution in [2.75, 3.05) is 11.1 Å². The van der Waals surface area contributed by atoms with E-state index in [-0.39, 0.29) is 5.82 Å². The third-order valence-electron chi connectivity index (χ3n) is 2.44. The van der Waals surface area contributed by atoms with Crippen LogP contribution in [0.1, 0.15) is 17.3 Å². The van der Waals surface area contributed by atoms with Gasteiger partial charge in [0, 0.05) is 11.4 Å². The molecule has 0 aliphatic rings. The molecule has 0 aliphatic heterocycles. The number of oxazole rings is 1. The van der Waals surface area contributed by atoms with Crippen molar-refractivity contribution in [2.24, 2.45) is 0 Å². The van der Waals surface area contributed by atoms with Crippen LogP contribution in [0.3, 0.4) is 0 Å². The van der Waals surface area contributed by atoms with E-state index in [9.17, 15) is 4.39 Å². The van der Waals surface area contributed by atoms with Gasteiger partial charge < -0.3 is 15.5 Å². The van der Waals surface area contributed by atoms with Crippen LogP contribution in [-0.4, -0.2) is 4.98 Å². The lowest BCUT2D eigenvalue weighted by molar-refractivity contribution is 0.478. The summed E-state index contributed by atoms with van der Waals surface area (Å²) in [6, 6.07) is 4.30. The van der Waals surface area contributed by atoms with Crippen molar-refractivity contribution in [2.45, 2.75) is 20.4 Å². The molecule has 4 nitrogen and oxygen atoms in total. The fourth-order valence-electron chi connectivity index (χ4n) is 1.51. The summed E-state index contributed by atoms with van der Waals surface area (Å²) in [6.07, 6.45) is 0. The van der Waals surface area contributed by atoms with Gasteiger partial charge in [-0.3, -0.25) is 0 Å². The Morgan fingerprint density at radius 2 is 2.12 bits per heavy atom. The topological polar surface area (TPSA) is 64.1 Å². The number of benzene rings is 1. The Balaban J connectivity index is 2.07. The molecule has 2 aromatic rings. The molecule has 0 amide bonds. The van der Waals surface area contributed by atoms with E-state index < -0.39 is 0 Å². The van der Waals surface area contributed by atoms with Crippen molar-refractivity contribution < 1.29 is 8.81 Å². The summed E-state index contributed by atoms with van der Waals surface area (Å²) < 4.78 is 18.5. The monoisotopic (exact) mass is 235 g/mol. The predicted molar refractivity (Wildman–Crippen MR) is 64.1 cm³/mol. The molecule has 0 radical (unpaired) electrons. The van der Waals surface area contributed by atoms with Crippen molar-refractivity contribution in [3.63, 3.8) is 0 Å². The number of rotatable bonds is 3. The fourth-order valence-corrected chi connectivity index (χ4v) is 1.51. The van der Waals surface area contributed by atoms with E-state index >= 15 is 0 Å². The van der Waals surface area contributed by atoms with E-state index in [2.05, 4.69) is 10.3 Å². The van der Waals surface area contributed by atoms with Gasteiger partial charge in [0.1, 0.15) is 11.6 Å². The number of nitrogens with one attached hydrogen (secondary N) is 1. The van der Waals surface area contributed by atoms with Crippen molar-refractivity contribution in [3.8, 4) is 0 Å². The second-order valence-electron chi connectivity index (χ2n) is 3.88. The van der Waals surface area contributed by atoms with Crippen LogP contribution in [0.4, 0.5) is 15.8 Å². The van der Waals surface area contributed by atoms with Crippen LogP contribution in [0.2, 0.25) is 0 Å². The summed E-state index contributed by atoms with van der Waals surface area (Å²) in [7, 11) is 0. The van der Waals surface area contributed by atoms with Gasteiger partial charge in [-0.05, 0) is 32.0 Å². The van der Waals surface area contributed by atoms with Crippen LogP contribution in [0.25, 0.3) is 0 Å². The van der Waals surface area contributed by atoms with Crippen molar-refractivity contribution >= 4 is 11.4 Å². The predicted octanol–water partition coefficient (Wildman–Crippen LogP) is 2.62. The van der Waals surface area contributed by atoms with Gasteiger partial charge >= 0.3 is 0 Å². The maximum Gasteiger partial charge on any atom is 0.213 e. The molecule has 5 heteroatoms. The first-order chi connectivity index (χ1) is 8.04. The van der Waals surface area contributed by atoms with Crippen LogP contribution in [0.5, 0.6) is 0 Å². The third kappa shape index (κ3) is 2.75. The smallest absolute Gasteiger partial charge is 0.213 e. The molecule has 0 spiro atoms. The van der Waals surface area contributed by atoms with E-state index in [1.54, 1.807) is 6.07 Å². The zero-order valence-electron chi connectivity index (χ0n) is 9.75. The van der Waals surface area contributed by atoms with E-state index in [0.29, 0.717) is 23.8 Å². The molecule has 2 rings (SSSR count). The summed E-state index contributed by atoms with van der Waals surface area (Å²) in [5.74, 6) is 0.996. The molecule has 3 N–H and O–H groups in total. The number of aromatic nitrogens is 1. The number of hydrogen-bond acceptors (Lipinski definition) is 4. The second kappa shape index (κ2) is 4.45. The maximum atomic E-state index is 13.1. The lowest BCUT2D eigenvalue weighted by Gasteiger charge is -2.05. The Labute approximate surface area is 98.7 Å². The van der Waals surface area contributed by atoms with Crippen LogP contribution in [0.15, 0.2) is 22.6 Å². The Morgan fingerprint density at radius 1 is 1.35 bits per heavy atom. The number of aryl methyl sites for hydroxylation is 2. The molecule has 0 saturated heterocycles. The molecule has 0 fully saturated rings. The summed E-state index contributed by atoms with van der Waals surface area (Å²) in [6.45, 7) is 4.13.